The lowest BCUT2D eigenvalue weighted by atomic mass is 9.79. The predicted octanol–water partition coefficient (Wildman–Crippen LogP) is 3.81. The summed E-state index contributed by atoms with van der Waals surface area (Å²) in [7, 11) is 0. The lowest BCUT2D eigenvalue weighted by Crippen LogP contribution is -2.26. The van der Waals surface area contributed by atoms with Crippen LogP contribution in [0.1, 0.15) is 37.3 Å². The molecule has 0 saturated heterocycles. The van der Waals surface area contributed by atoms with E-state index in [-0.39, 0.29) is 12.0 Å². The summed E-state index contributed by atoms with van der Waals surface area (Å²) < 4.78 is 0. The Morgan fingerprint density at radius 1 is 1.19 bits per heavy atom. The van der Waals surface area contributed by atoms with Crippen LogP contribution in [0.25, 0.3) is 0 Å². The summed E-state index contributed by atoms with van der Waals surface area (Å²) in [5.41, 5.74) is 2.43. The van der Waals surface area contributed by atoms with Crippen molar-refractivity contribution in [2.24, 2.45) is 0 Å². The van der Waals surface area contributed by atoms with Crippen molar-refractivity contribution >= 4 is 15.9 Å². The molecular formula is C14H21BrO. The maximum absolute atomic E-state index is 9.60. The third-order valence-electron chi connectivity index (χ3n) is 3.21. The van der Waals surface area contributed by atoms with Crippen LogP contribution in [0.3, 0.4) is 0 Å². The van der Waals surface area contributed by atoms with Crippen LogP contribution in [0.2, 0.25) is 0 Å². The van der Waals surface area contributed by atoms with E-state index in [1.165, 1.54) is 17.5 Å². The highest BCUT2D eigenvalue weighted by Gasteiger charge is 2.24. The van der Waals surface area contributed by atoms with Gasteiger partial charge < -0.3 is 5.11 Å². The molecule has 1 aromatic rings. The zero-order valence-corrected chi connectivity index (χ0v) is 11.8. The standard InChI is InChI=1S/C14H21BrO/c1-12-5-7-13(8-6-12)14(2,11-16)9-3-4-10-15/h5-8,16H,3-4,9-11H2,1-2H3/t14-/m0/s1. The van der Waals surface area contributed by atoms with Crippen molar-refractivity contribution in [3.05, 3.63) is 35.4 Å². The van der Waals surface area contributed by atoms with Crippen LogP contribution in [0.4, 0.5) is 0 Å². The zero-order chi connectivity index (χ0) is 12.0. The van der Waals surface area contributed by atoms with Crippen LogP contribution < -0.4 is 0 Å². The summed E-state index contributed by atoms with van der Waals surface area (Å²) in [6.07, 6.45) is 3.36. The quantitative estimate of drug-likeness (QED) is 0.622. The van der Waals surface area contributed by atoms with Crippen molar-refractivity contribution in [2.75, 3.05) is 11.9 Å². The molecule has 0 fully saturated rings. The summed E-state index contributed by atoms with van der Waals surface area (Å²) in [6.45, 7) is 4.45. The number of aliphatic hydroxyl groups is 1. The van der Waals surface area contributed by atoms with E-state index in [9.17, 15) is 5.11 Å². The van der Waals surface area contributed by atoms with E-state index in [0.29, 0.717) is 0 Å². The molecule has 1 rings (SSSR count). The second-order valence-electron chi connectivity index (χ2n) is 4.73. The first kappa shape index (κ1) is 13.7. The molecule has 0 amide bonds. The van der Waals surface area contributed by atoms with Gasteiger partial charge in [-0.05, 0) is 25.3 Å². The molecule has 0 radical (unpaired) electrons. The van der Waals surface area contributed by atoms with Crippen LogP contribution in [-0.4, -0.2) is 17.0 Å². The highest BCUT2D eigenvalue weighted by molar-refractivity contribution is 9.09. The lowest BCUT2D eigenvalue weighted by Gasteiger charge is -2.28. The number of rotatable bonds is 6. The molecule has 1 N–H and O–H groups in total. The fourth-order valence-electron chi connectivity index (χ4n) is 1.88. The maximum atomic E-state index is 9.60. The Labute approximate surface area is 107 Å². The summed E-state index contributed by atoms with van der Waals surface area (Å²) in [5.74, 6) is 0. The van der Waals surface area contributed by atoms with Gasteiger partial charge in [-0.25, -0.2) is 0 Å². The lowest BCUT2D eigenvalue weighted by molar-refractivity contribution is 0.194. The summed E-state index contributed by atoms with van der Waals surface area (Å²) in [6, 6.07) is 8.51. The summed E-state index contributed by atoms with van der Waals surface area (Å²) in [4.78, 5) is 0. The first-order valence-corrected chi connectivity index (χ1v) is 6.98. The molecule has 1 aromatic carbocycles. The first-order valence-electron chi connectivity index (χ1n) is 5.86. The molecule has 0 aliphatic carbocycles. The van der Waals surface area contributed by atoms with E-state index >= 15 is 0 Å². The molecule has 0 aliphatic rings. The van der Waals surface area contributed by atoms with Gasteiger partial charge in [-0.3, -0.25) is 0 Å². The molecule has 0 aliphatic heterocycles. The Kier molecular flexibility index (Phi) is 5.50. The van der Waals surface area contributed by atoms with Crippen molar-refractivity contribution < 1.29 is 5.11 Å². The minimum atomic E-state index is -0.0874. The molecule has 0 aromatic heterocycles. The molecule has 1 nitrogen and oxygen atoms in total. The highest BCUT2D eigenvalue weighted by atomic mass is 79.9. The number of hydrogen-bond acceptors (Lipinski definition) is 1. The Hall–Kier alpha value is -0.340. The van der Waals surface area contributed by atoms with Crippen molar-refractivity contribution in [3.63, 3.8) is 0 Å². The van der Waals surface area contributed by atoms with Gasteiger partial charge in [-0.1, -0.05) is 59.1 Å². The largest absolute Gasteiger partial charge is 0.395 e. The predicted molar refractivity (Wildman–Crippen MR) is 73.3 cm³/mol. The van der Waals surface area contributed by atoms with Gasteiger partial charge in [-0.15, -0.1) is 0 Å². The summed E-state index contributed by atoms with van der Waals surface area (Å²) in [5, 5.41) is 10.6. The summed E-state index contributed by atoms with van der Waals surface area (Å²) >= 11 is 3.44. The van der Waals surface area contributed by atoms with Gasteiger partial charge in [-0.2, -0.15) is 0 Å². The van der Waals surface area contributed by atoms with Crippen LogP contribution >= 0.6 is 15.9 Å². The van der Waals surface area contributed by atoms with Gasteiger partial charge in [0.2, 0.25) is 0 Å². The number of aryl methyl sites for hydroxylation is 1. The maximum Gasteiger partial charge on any atom is 0.0525 e. The second kappa shape index (κ2) is 6.41. The topological polar surface area (TPSA) is 20.2 Å². The van der Waals surface area contributed by atoms with Gasteiger partial charge in [0.15, 0.2) is 0 Å². The molecular weight excluding hydrogens is 264 g/mol. The van der Waals surface area contributed by atoms with Crippen LogP contribution in [0.15, 0.2) is 24.3 Å². The number of benzene rings is 1. The van der Waals surface area contributed by atoms with Gasteiger partial charge in [0, 0.05) is 10.7 Å². The minimum Gasteiger partial charge on any atom is -0.395 e. The Balaban J connectivity index is 2.74. The second-order valence-corrected chi connectivity index (χ2v) is 5.52. The number of alkyl halides is 1. The highest BCUT2D eigenvalue weighted by Crippen LogP contribution is 2.29. The van der Waals surface area contributed by atoms with Crippen LogP contribution in [0, 0.1) is 6.92 Å². The van der Waals surface area contributed by atoms with Crippen molar-refractivity contribution in [2.45, 2.75) is 38.5 Å². The van der Waals surface area contributed by atoms with E-state index in [0.717, 1.165) is 18.2 Å². The molecule has 16 heavy (non-hydrogen) atoms. The van der Waals surface area contributed by atoms with E-state index in [1.54, 1.807) is 0 Å². The van der Waals surface area contributed by atoms with Crippen molar-refractivity contribution in [3.8, 4) is 0 Å². The van der Waals surface area contributed by atoms with Gasteiger partial charge >= 0.3 is 0 Å². The molecule has 90 valence electrons. The average molecular weight is 285 g/mol. The molecule has 0 unspecified atom stereocenters. The molecule has 0 spiro atoms. The fourth-order valence-corrected chi connectivity index (χ4v) is 2.28. The van der Waals surface area contributed by atoms with Gasteiger partial charge in [0.25, 0.3) is 0 Å². The Morgan fingerprint density at radius 2 is 1.81 bits per heavy atom. The van der Waals surface area contributed by atoms with Gasteiger partial charge in [0.1, 0.15) is 0 Å². The Morgan fingerprint density at radius 3 is 2.31 bits per heavy atom. The average Bonchev–Trinajstić information content (AvgIpc) is 2.30. The Bertz CT molecular complexity index is 307. The molecule has 1 atom stereocenters. The van der Waals surface area contributed by atoms with Crippen LogP contribution in [0.5, 0.6) is 0 Å². The third-order valence-corrected chi connectivity index (χ3v) is 3.77. The van der Waals surface area contributed by atoms with E-state index in [4.69, 9.17) is 0 Å². The number of unbranched alkanes of at least 4 members (excludes halogenated alkanes) is 1. The first-order chi connectivity index (χ1) is 7.62. The van der Waals surface area contributed by atoms with E-state index in [2.05, 4.69) is 54.0 Å². The number of halogens is 1. The van der Waals surface area contributed by atoms with Crippen molar-refractivity contribution in [1.29, 1.82) is 0 Å². The van der Waals surface area contributed by atoms with E-state index < -0.39 is 0 Å². The monoisotopic (exact) mass is 284 g/mol. The molecule has 0 saturated carbocycles. The smallest absolute Gasteiger partial charge is 0.0525 e. The minimum absolute atomic E-state index is 0.0874. The van der Waals surface area contributed by atoms with Crippen molar-refractivity contribution in [1.82, 2.24) is 0 Å². The number of aliphatic hydroxyl groups excluding tert-OH is 1. The number of hydrogen-bond donors (Lipinski definition) is 1. The van der Waals surface area contributed by atoms with Crippen LogP contribution in [-0.2, 0) is 5.41 Å². The molecule has 0 bridgehead atoms. The van der Waals surface area contributed by atoms with E-state index in [1.807, 2.05) is 0 Å². The zero-order valence-electron chi connectivity index (χ0n) is 10.2. The fraction of sp³-hybridized carbons (Fsp3) is 0.571. The molecule has 0 heterocycles. The molecule has 2 heteroatoms. The normalized spacial score (nSPS) is 14.8. The SMILES string of the molecule is Cc1ccc([C@](C)(CO)CCCCBr)cc1. The van der Waals surface area contributed by atoms with Gasteiger partial charge in [0.05, 0.1) is 6.61 Å². The third kappa shape index (κ3) is 3.60.